The van der Waals surface area contributed by atoms with Crippen LogP contribution in [0.5, 0.6) is 0 Å². The molecule has 2 aromatic carbocycles. The lowest BCUT2D eigenvalue weighted by molar-refractivity contribution is -0.385. The van der Waals surface area contributed by atoms with Crippen molar-refractivity contribution < 1.29 is 9.72 Å². The molecule has 0 bridgehead atoms. The van der Waals surface area contributed by atoms with Gasteiger partial charge in [0.1, 0.15) is 0 Å². The second-order valence-electron chi connectivity index (χ2n) is 3.87. The zero-order valence-corrected chi connectivity index (χ0v) is 10.8. The lowest BCUT2D eigenvalue weighted by Crippen LogP contribution is -1.95. The average molecular weight is 273 g/mol. The Hall–Kier alpha value is -2.14. The van der Waals surface area contributed by atoms with E-state index >= 15 is 0 Å². The molecule has 0 saturated heterocycles. The molecule has 0 atom stereocenters. The normalized spacial score (nSPS) is 10.1. The summed E-state index contributed by atoms with van der Waals surface area (Å²) in [6.45, 7) is 0. The van der Waals surface area contributed by atoms with Crippen LogP contribution in [0.2, 0.25) is 0 Å². The molecule has 2 rings (SSSR count). The summed E-state index contributed by atoms with van der Waals surface area (Å²) in [6, 6.07) is 14.5. The van der Waals surface area contributed by atoms with E-state index < -0.39 is 4.92 Å². The molecule has 0 radical (unpaired) electrons. The van der Waals surface area contributed by atoms with Crippen molar-refractivity contribution in [3.05, 3.63) is 69.8 Å². The predicted molar refractivity (Wildman–Crippen MR) is 74.5 cm³/mol. The van der Waals surface area contributed by atoms with E-state index in [4.69, 9.17) is 0 Å². The van der Waals surface area contributed by atoms with Gasteiger partial charge in [-0.2, -0.15) is 0 Å². The first kappa shape index (κ1) is 13.3. The summed E-state index contributed by atoms with van der Waals surface area (Å²) in [5, 5.41) is 10.8. The molecule has 0 aliphatic heterocycles. The minimum absolute atomic E-state index is 0.110. The number of hydrogen-bond donors (Lipinski definition) is 0. The number of thioether (sulfide) groups is 1. The first-order chi connectivity index (χ1) is 9.20. The maximum absolute atomic E-state index is 10.8. The number of hydrogen-bond acceptors (Lipinski definition) is 4. The van der Waals surface area contributed by atoms with Crippen LogP contribution in [0.15, 0.2) is 53.4 Å². The Balaban J connectivity index is 2.15. The lowest BCUT2D eigenvalue weighted by atomic mass is 10.1. The molecular weight excluding hydrogens is 262 g/mol. The number of nitro groups is 1. The summed E-state index contributed by atoms with van der Waals surface area (Å²) in [7, 11) is 0. The molecule has 0 fully saturated rings. The Bertz CT molecular complexity index is 599. The van der Waals surface area contributed by atoms with Crippen molar-refractivity contribution in [2.45, 2.75) is 10.6 Å². The van der Waals surface area contributed by atoms with E-state index in [1.165, 1.54) is 12.1 Å². The Labute approximate surface area is 114 Å². The molecule has 0 aliphatic rings. The highest BCUT2D eigenvalue weighted by molar-refractivity contribution is 7.98. The summed E-state index contributed by atoms with van der Waals surface area (Å²) in [6.07, 6.45) is 0.506. The summed E-state index contributed by atoms with van der Waals surface area (Å²) in [4.78, 5) is 22.1. The minimum Gasteiger partial charge on any atom is -0.298 e. The van der Waals surface area contributed by atoms with Crippen LogP contribution in [-0.2, 0) is 5.75 Å². The Morgan fingerprint density at radius 1 is 1.16 bits per heavy atom. The monoisotopic (exact) mass is 273 g/mol. The topological polar surface area (TPSA) is 60.2 Å². The first-order valence-electron chi connectivity index (χ1n) is 5.61. The number of carbonyl (C=O) groups is 1. The standard InChI is InChI=1S/C14H11NO3S/c16-9-12-7-6-11(8-14(12)15(17)18)10-19-13-4-2-1-3-5-13/h1-9H,10H2. The highest BCUT2D eigenvalue weighted by Gasteiger charge is 2.13. The SMILES string of the molecule is O=Cc1ccc(CSc2ccccc2)cc1[N+](=O)[O-]. The molecule has 0 N–H and O–H groups in total. The smallest absolute Gasteiger partial charge is 0.280 e. The molecule has 2 aromatic rings. The largest absolute Gasteiger partial charge is 0.298 e. The minimum atomic E-state index is -0.527. The van der Waals surface area contributed by atoms with Gasteiger partial charge in [0.2, 0.25) is 0 Å². The Morgan fingerprint density at radius 3 is 2.53 bits per heavy atom. The third kappa shape index (κ3) is 3.42. The van der Waals surface area contributed by atoms with Crippen LogP contribution < -0.4 is 0 Å². The van der Waals surface area contributed by atoms with Gasteiger partial charge < -0.3 is 0 Å². The van der Waals surface area contributed by atoms with E-state index in [0.29, 0.717) is 12.0 Å². The van der Waals surface area contributed by atoms with Gasteiger partial charge in [-0.15, -0.1) is 11.8 Å². The molecule has 4 nitrogen and oxygen atoms in total. The van der Waals surface area contributed by atoms with Crippen LogP contribution in [0.3, 0.4) is 0 Å². The third-order valence-corrected chi connectivity index (χ3v) is 3.65. The van der Waals surface area contributed by atoms with Gasteiger partial charge in [-0.1, -0.05) is 24.3 Å². The molecule has 96 valence electrons. The molecule has 0 spiro atoms. The Kier molecular flexibility index (Phi) is 4.30. The summed E-state index contributed by atoms with van der Waals surface area (Å²) in [5.41, 5.74) is 0.797. The number of nitrogens with zero attached hydrogens (tertiary/aromatic N) is 1. The van der Waals surface area contributed by atoms with Crippen molar-refractivity contribution in [2.75, 3.05) is 0 Å². The molecular formula is C14H11NO3S. The summed E-state index contributed by atoms with van der Waals surface area (Å²) in [5.74, 6) is 0.629. The van der Waals surface area contributed by atoms with Crippen molar-refractivity contribution in [3.63, 3.8) is 0 Å². The summed E-state index contributed by atoms with van der Waals surface area (Å²) < 4.78 is 0. The maximum atomic E-state index is 10.8. The zero-order chi connectivity index (χ0) is 13.7. The highest BCUT2D eigenvalue weighted by Crippen LogP contribution is 2.25. The fourth-order valence-electron chi connectivity index (χ4n) is 1.62. The molecule has 0 aliphatic carbocycles. The van der Waals surface area contributed by atoms with Crippen molar-refractivity contribution in [3.8, 4) is 0 Å². The van der Waals surface area contributed by atoms with E-state index in [1.54, 1.807) is 17.8 Å². The quantitative estimate of drug-likeness (QED) is 0.361. The van der Waals surface area contributed by atoms with Gasteiger partial charge in [-0.3, -0.25) is 14.9 Å². The summed E-state index contributed by atoms with van der Waals surface area (Å²) >= 11 is 1.60. The van der Waals surface area contributed by atoms with E-state index in [-0.39, 0.29) is 11.3 Å². The number of aldehydes is 1. The average Bonchev–Trinajstić information content (AvgIpc) is 2.46. The highest BCUT2D eigenvalue weighted by atomic mass is 32.2. The van der Waals surface area contributed by atoms with Gasteiger partial charge in [0.25, 0.3) is 5.69 Å². The lowest BCUT2D eigenvalue weighted by Gasteiger charge is -2.03. The second kappa shape index (κ2) is 6.15. The van der Waals surface area contributed by atoms with Crippen molar-refractivity contribution in [1.82, 2.24) is 0 Å². The molecule has 0 aromatic heterocycles. The van der Waals surface area contributed by atoms with Crippen LogP contribution in [-0.4, -0.2) is 11.2 Å². The van der Waals surface area contributed by atoms with E-state index in [1.807, 2.05) is 30.3 Å². The number of carbonyl (C=O) groups excluding carboxylic acids is 1. The first-order valence-corrected chi connectivity index (χ1v) is 6.59. The molecule has 0 amide bonds. The van der Waals surface area contributed by atoms with E-state index in [2.05, 4.69) is 0 Å². The van der Waals surface area contributed by atoms with Gasteiger partial charge in [0.05, 0.1) is 10.5 Å². The van der Waals surface area contributed by atoms with Crippen LogP contribution >= 0.6 is 11.8 Å². The third-order valence-electron chi connectivity index (χ3n) is 2.57. The van der Waals surface area contributed by atoms with Crippen molar-refractivity contribution in [2.24, 2.45) is 0 Å². The zero-order valence-electron chi connectivity index (χ0n) is 9.98. The van der Waals surface area contributed by atoms with Gasteiger partial charge in [-0.05, 0) is 23.8 Å². The fourth-order valence-corrected chi connectivity index (χ4v) is 2.48. The number of nitro benzene ring substituents is 1. The van der Waals surface area contributed by atoms with Gasteiger partial charge >= 0.3 is 0 Å². The van der Waals surface area contributed by atoms with Gasteiger partial charge in [0, 0.05) is 16.7 Å². The molecule has 0 heterocycles. The number of rotatable bonds is 5. The van der Waals surface area contributed by atoms with Crippen LogP contribution in [0.1, 0.15) is 15.9 Å². The van der Waals surface area contributed by atoms with Crippen LogP contribution in [0, 0.1) is 10.1 Å². The van der Waals surface area contributed by atoms with Crippen molar-refractivity contribution >= 4 is 23.7 Å². The van der Waals surface area contributed by atoms with E-state index in [9.17, 15) is 14.9 Å². The second-order valence-corrected chi connectivity index (χ2v) is 4.92. The van der Waals surface area contributed by atoms with Gasteiger partial charge in [-0.25, -0.2) is 0 Å². The van der Waals surface area contributed by atoms with Crippen molar-refractivity contribution in [1.29, 1.82) is 0 Å². The van der Waals surface area contributed by atoms with Crippen LogP contribution in [0.4, 0.5) is 5.69 Å². The number of benzene rings is 2. The molecule has 0 saturated carbocycles. The van der Waals surface area contributed by atoms with E-state index in [0.717, 1.165) is 10.5 Å². The predicted octanol–water partition coefficient (Wildman–Crippen LogP) is 3.70. The molecule has 5 heteroatoms. The fraction of sp³-hybridized carbons (Fsp3) is 0.0714. The van der Waals surface area contributed by atoms with Crippen LogP contribution in [0.25, 0.3) is 0 Å². The molecule has 19 heavy (non-hydrogen) atoms. The Morgan fingerprint density at radius 2 is 1.89 bits per heavy atom. The molecule has 0 unspecified atom stereocenters. The van der Waals surface area contributed by atoms with Gasteiger partial charge in [0.15, 0.2) is 6.29 Å². The maximum Gasteiger partial charge on any atom is 0.280 e.